The quantitative estimate of drug-likeness (QED) is 0.416. The molecule has 1 unspecified atom stereocenters. The predicted octanol–water partition coefficient (Wildman–Crippen LogP) is 4.81. The first kappa shape index (κ1) is 35.2. The first-order valence-electron chi connectivity index (χ1n) is 17.2. The number of rotatable bonds is 8. The molecule has 0 radical (unpaired) electrons. The summed E-state index contributed by atoms with van der Waals surface area (Å²) in [5.41, 5.74) is -0.0421. The number of aliphatic hydroxyl groups is 1. The topological polar surface area (TPSA) is 131 Å². The first-order chi connectivity index (χ1) is 23.3. The maximum atomic E-state index is 14.4. The molecule has 1 spiro atoms. The Kier molecular flexibility index (Phi) is 10.3. The molecule has 3 heterocycles. The van der Waals surface area contributed by atoms with Crippen LogP contribution in [-0.4, -0.2) is 91.3 Å². The molecule has 1 atom stereocenters. The highest BCUT2D eigenvalue weighted by atomic mass is 32.2. The van der Waals surface area contributed by atoms with Crippen molar-refractivity contribution in [3.8, 4) is 6.07 Å². The second-order valence-corrected chi connectivity index (χ2v) is 16.4. The summed E-state index contributed by atoms with van der Waals surface area (Å²) in [4.78, 5) is 32.2. The van der Waals surface area contributed by atoms with Crippen molar-refractivity contribution in [2.45, 2.75) is 74.5 Å². The second kappa shape index (κ2) is 14.3. The molecule has 2 amide bonds. The zero-order valence-corrected chi connectivity index (χ0v) is 28.6. The molecule has 3 aliphatic heterocycles. The Bertz CT molecular complexity index is 1670. The fourth-order valence-corrected chi connectivity index (χ4v) is 8.67. The molecule has 1 saturated carbocycles. The van der Waals surface area contributed by atoms with Gasteiger partial charge in [0.25, 0.3) is 0 Å². The van der Waals surface area contributed by atoms with Gasteiger partial charge in [-0.25, -0.2) is 22.0 Å². The zero-order chi connectivity index (χ0) is 34.9. The van der Waals surface area contributed by atoms with Gasteiger partial charge in [-0.2, -0.15) is 5.26 Å². The lowest BCUT2D eigenvalue weighted by Gasteiger charge is -2.38. The average molecular weight is 699 g/mol. The van der Waals surface area contributed by atoms with Crippen LogP contribution < -0.4 is 0 Å². The van der Waals surface area contributed by atoms with E-state index in [1.165, 1.54) is 12.1 Å². The lowest BCUT2D eigenvalue weighted by Crippen LogP contribution is -2.47. The van der Waals surface area contributed by atoms with E-state index in [9.17, 15) is 31.9 Å². The van der Waals surface area contributed by atoms with Gasteiger partial charge in [-0.3, -0.25) is 9.69 Å². The van der Waals surface area contributed by atoms with E-state index in [2.05, 4.69) is 0 Å². The van der Waals surface area contributed by atoms with Gasteiger partial charge in [-0.15, -0.1) is 0 Å². The molecule has 0 aromatic heterocycles. The van der Waals surface area contributed by atoms with E-state index < -0.39 is 33.2 Å². The van der Waals surface area contributed by atoms with E-state index in [1.54, 1.807) is 23.1 Å². The van der Waals surface area contributed by atoms with Gasteiger partial charge < -0.3 is 19.6 Å². The number of likely N-dealkylation sites (tertiary alicyclic amines) is 2. The third-order valence-electron chi connectivity index (χ3n) is 11.1. The highest BCUT2D eigenvalue weighted by Gasteiger charge is 2.47. The number of amides is 2. The van der Waals surface area contributed by atoms with E-state index in [4.69, 9.17) is 10.00 Å². The second-order valence-electron chi connectivity index (χ2n) is 14.4. The molecule has 13 heteroatoms. The fourth-order valence-electron chi connectivity index (χ4n) is 8.04. The number of aliphatic hydroxyl groups excluding tert-OH is 1. The van der Waals surface area contributed by atoms with Gasteiger partial charge >= 0.3 is 6.09 Å². The maximum absolute atomic E-state index is 14.4. The minimum atomic E-state index is -3.30. The van der Waals surface area contributed by atoms with Gasteiger partial charge in [0.1, 0.15) is 17.2 Å². The van der Waals surface area contributed by atoms with E-state index in [-0.39, 0.29) is 52.3 Å². The van der Waals surface area contributed by atoms with Crippen LogP contribution in [0.25, 0.3) is 0 Å². The minimum Gasteiger partial charge on any atom is -0.441 e. The molecule has 264 valence electrons. The molecule has 3 saturated heterocycles. The van der Waals surface area contributed by atoms with Crippen molar-refractivity contribution < 1.29 is 36.6 Å². The number of hydrogen-bond acceptors (Lipinski definition) is 8. The number of sulfone groups is 1. The number of carbonyl (C=O) groups is 2. The molecule has 4 fully saturated rings. The number of piperidine rings is 2. The number of benzene rings is 2. The molecule has 2 aromatic rings. The number of ether oxygens (including phenoxy) is 1. The van der Waals surface area contributed by atoms with Crippen molar-refractivity contribution in [1.29, 1.82) is 5.26 Å². The van der Waals surface area contributed by atoms with Crippen LogP contribution in [0.15, 0.2) is 41.3 Å². The summed E-state index contributed by atoms with van der Waals surface area (Å²) in [7, 11) is -3.30. The normalized spacial score (nSPS) is 24.1. The van der Waals surface area contributed by atoms with E-state index in [0.29, 0.717) is 70.5 Å². The Balaban J connectivity index is 0.925. The van der Waals surface area contributed by atoms with Gasteiger partial charge in [0, 0.05) is 69.8 Å². The van der Waals surface area contributed by atoms with Gasteiger partial charge in [0.05, 0.1) is 29.2 Å². The summed E-state index contributed by atoms with van der Waals surface area (Å²) in [6.07, 6.45) is 5.84. The van der Waals surface area contributed by atoms with E-state index in [0.717, 1.165) is 44.1 Å². The van der Waals surface area contributed by atoms with Gasteiger partial charge in [0.2, 0.25) is 5.91 Å². The third kappa shape index (κ3) is 7.92. The molecule has 10 nitrogen and oxygen atoms in total. The Morgan fingerprint density at radius 2 is 1.63 bits per heavy atom. The van der Waals surface area contributed by atoms with E-state index in [1.807, 2.05) is 9.80 Å². The summed E-state index contributed by atoms with van der Waals surface area (Å²) in [5.74, 6) is -1.07. The van der Waals surface area contributed by atoms with Gasteiger partial charge in [-0.05, 0) is 80.2 Å². The fraction of sp³-hybridized carbons (Fsp3) is 0.583. The van der Waals surface area contributed by atoms with Gasteiger partial charge in [0.15, 0.2) is 9.84 Å². The minimum absolute atomic E-state index is 0.00633. The standard InChI is InChI=1S/C36H44F2N4O6S/c1-49(46,47)29-8-6-26(7-9-29)33(43)27-10-14-41(15-11-27)34(44)28-4-2-24(3-5-28)21-42-23-36(48-35(42)45)12-16-40(17-13-36)22-30-31(37)18-25(20-39)19-32(30)38/h6-9,18-19,24,27-28,33,43H,2-5,10-17,21-23H2,1H3. The van der Waals surface area contributed by atoms with Crippen molar-refractivity contribution in [3.63, 3.8) is 0 Å². The third-order valence-corrected chi connectivity index (χ3v) is 12.2. The molecule has 49 heavy (non-hydrogen) atoms. The molecule has 2 aromatic carbocycles. The van der Waals surface area contributed by atoms with Crippen LogP contribution in [0.1, 0.15) is 74.2 Å². The lowest BCUT2D eigenvalue weighted by atomic mass is 9.80. The van der Waals surface area contributed by atoms with Crippen molar-refractivity contribution in [1.82, 2.24) is 14.7 Å². The molecule has 6 rings (SSSR count). The van der Waals surface area contributed by atoms with Crippen molar-refractivity contribution >= 4 is 21.8 Å². The van der Waals surface area contributed by atoms with Crippen LogP contribution in [0, 0.1) is 40.7 Å². The summed E-state index contributed by atoms with van der Waals surface area (Å²) >= 11 is 0. The molecular formula is C36H44F2N4O6S. The number of hydrogen-bond donors (Lipinski definition) is 1. The van der Waals surface area contributed by atoms with Crippen molar-refractivity contribution in [3.05, 3.63) is 64.7 Å². The van der Waals surface area contributed by atoms with Crippen molar-refractivity contribution in [2.75, 3.05) is 45.5 Å². The predicted molar refractivity (Wildman–Crippen MR) is 176 cm³/mol. The first-order valence-corrected chi connectivity index (χ1v) is 19.1. The smallest absolute Gasteiger partial charge is 0.410 e. The zero-order valence-electron chi connectivity index (χ0n) is 27.8. The highest BCUT2D eigenvalue weighted by molar-refractivity contribution is 7.90. The summed E-state index contributed by atoms with van der Waals surface area (Å²) < 4.78 is 58.3. The van der Waals surface area contributed by atoms with Crippen LogP contribution in [0.3, 0.4) is 0 Å². The summed E-state index contributed by atoms with van der Waals surface area (Å²) in [6.45, 7) is 3.38. The number of halogens is 2. The maximum Gasteiger partial charge on any atom is 0.410 e. The molecule has 4 aliphatic rings. The highest BCUT2D eigenvalue weighted by Crippen LogP contribution is 2.38. The van der Waals surface area contributed by atoms with Crippen LogP contribution in [0.5, 0.6) is 0 Å². The van der Waals surface area contributed by atoms with Crippen LogP contribution in [0.2, 0.25) is 0 Å². The molecular weight excluding hydrogens is 654 g/mol. The number of nitrogens with zero attached hydrogens (tertiary/aromatic N) is 4. The van der Waals surface area contributed by atoms with E-state index >= 15 is 0 Å². The summed E-state index contributed by atoms with van der Waals surface area (Å²) in [5, 5.41) is 19.9. The SMILES string of the molecule is CS(=O)(=O)c1ccc(C(O)C2CCN(C(=O)C3CCC(CN4CC5(CCN(Cc6c(F)cc(C#N)cc6F)CC5)OC4=O)CC3)CC2)cc1. The van der Waals surface area contributed by atoms with Gasteiger partial charge in [-0.1, -0.05) is 12.1 Å². The van der Waals surface area contributed by atoms with Crippen LogP contribution in [-0.2, 0) is 25.9 Å². The van der Waals surface area contributed by atoms with Crippen LogP contribution >= 0.6 is 0 Å². The Hall–Kier alpha value is -3.60. The van der Waals surface area contributed by atoms with Crippen molar-refractivity contribution in [2.24, 2.45) is 17.8 Å². The Morgan fingerprint density at radius 3 is 2.20 bits per heavy atom. The Labute approximate surface area is 286 Å². The monoisotopic (exact) mass is 698 g/mol. The molecule has 1 aliphatic carbocycles. The molecule has 1 N–H and O–H groups in total. The average Bonchev–Trinajstić information content (AvgIpc) is 3.39. The number of nitriles is 1. The number of carbonyl (C=O) groups excluding carboxylic acids is 2. The Morgan fingerprint density at radius 1 is 1.02 bits per heavy atom. The molecule has 0 bridgehead atoms. The largest absolute Gasteiger partial charge is 0.441 e. The summed E-state index contributed by atoms with van der Waals surface area (Å²) in [6, 6.07) is 10.2. The van der Waals surface area contributed by atoms with Crippen LogP contribution in [0.4, 0.5) is 13.6 Å². The lowest BCUT2D eigenvalue weighted by molar-refractivity contribution is -0.139.